The Bertz CT molecular complexity index is 557. The first kappa shape index (κ1) is 16.3. The van der Waals surface area contributed by atoms with Gasteiger partial charge in [-0.05, 0) is 61.3 Å². The van der Waals surface area contributed by atoms with Crippen LogP contribution in [-0.4, -0.2) is 17.3 Å². The number of pyridine rings is 1. The zero-order valence-electron chi connectivity index (χ0n) is 12.5. The van der Waals surface area contributed by atoms with E-state index in [9.17, 15) is 0 Å². The molecular formula is C17H21ClN2S. The van der Waals surface area contributed by atoms with Crippen LogP contribution in [0.1, 0.15) is 30.5 Å². The Balaban J connectivity index is 2.06. The van der Waals surface area contributed by atoms with Gasteiger partial charge in [0.05, 0.1) is 0 Å². The minimum atomic E-state index is 0.319. The van der Waals surface area contributed by atoms with E-state index < -0.39 is 0 Å². The maximum Gasteiger partial charge on any atom is 0.0433 e. The van der Waals surface area contributed by atoms with Gasteiger partial charge in [-0.3, -0.25) is 4.98 Å². The van der Waals surface area contributed by atoms with Crippen LogP contribution in [0.5, 0.6) is 0 Å². The summed E-state index contributed by atoms with van der Waals surface area (Å²) in [5.74, 6) is 0.980. The van der Waals surface area contributed by atoms with Crippen LogP contribution in [0.4, 0.5) is 0 Å². The van der Waals surface area contributed by atoms with Gasteiger partial charge in [0.15, 0.2) is 0 Å². The highest BCUT2D eigenvalue weighted by molar-refractivity contribution is 7.99. The molecule has 2 aromatic rings. The summed E-state index contributed by atoms with van der Waals surface area (Å²) in [4.78, 5) is 5.51. The summed E-state index contributed by atoms with van der Waals surface area (Å²) in [6, 6.07) is 10.4. The van der Waals surface area contributed by atoms with Gasteiger partial charge in [-0.25, -0.2) is 0 Å². The number of nitrogens with one attached hydrogen (secondary N) is 1. The Morgan fingerprint density at radius 1 is 1.24 bits per heavy atom. The number of rotatable bonds is 7. The summed E-state index contributed by atoms with van der Waals surface area (Å²) in [5, 5.41) is 4.40. The van der Waals surface area contributed by atoms with Gasteiger partial charge in [-0.1, -0.05) is 18.5 Å². The molecule has 21 heavy (non-hydrogen) atoms. The molecule has 0 saturated carbocycles. The zero-order valence-corrected chi connectivity index (χ0v) is 14.0. The molecule has 2 rings (SSSR count). The molecule has 2 nitrogen and oxygen atoms in total. The molecule has 0 amide bonds. The summed E-state index contributed by atoms with van der Waals surface area (Å²) in [5.41, 5.74) is 2.57. The van der Waals surface area contributed by atoms with Crippen molar-refractivity contribution in [3.63, 3.8) is 0 Å². The Kier molecular flexibility index (Phi) is 6.55. The number of nitrogens with zero attached hydrogens (tertiary/aromatic N) is 1. The van der Waals surface area contributed by atoms with E-state index in [1.807, 2.05) is 36.3 Å². The number of halogens is 1. The molecule has 0 spiro atoms. The van der Waals surface area contributed by atoms with E-state index in [1.54, 1.807) is 0 Å². The summed E-state index contributed by atoms with van der Waals surface area (Å²) in [7, 11) is 0. The van der Waals surface area contributed by atoms with Crippen molar-refractivity contribution >= 4 is 23.4 Å². The third kappa shape index (κ3) is 5.03. The fourth-order valence-corrected chi connectivity index (χ4v) is 3.24. The van der Waals surface area contributed by atoms with Crippen molar-refractivity contribution in [2.24, 2.45) is 0 Å². The van der Waals surface area contributed by atoms with Gasteiger partial charge in [0.25, 0.3) is 0 Å². The first-order chi connectivity index (χ1) is 10.2. The SMILES string of the molecule is CCCNC(CSc1ccc(Cl)cc1)c1cnccc1C. The Hall–Kier alpha value is -1.03. The molecule has 1 aromatic carbocycles. The molecule has 0 aliphatic rings. The standard InChI is InChI=1S/C17H21ClN2S/c1-3-9-20-17(16-11-19-10-8-13(16)2)12-21-15-6-4-14(18)5-7-15/h4-8,10-11,17,20H,3,9,12H2,1-2H3. The third-order valence-corrected chi connectivity index (χ3v) is 4.68. The average Bonchev–Trinajstić information content (AvgIpc) is 2.50. The van der Waals surface area contributed by atoms with Gasteiger partial charge in [0.1, 0.15) is 0 Å². The molecule has 0 aliphatic carbocycles. The lowest BCUT2D eigenvalue weighted by Crippen LogP contribution is -2.25. The van der Waals surface area contributed by atoms with Crippen molar-refractivity contribution in [2.45, 2.75) is 31.2 Å². The van der Waals surface area contributed by atoms with Gasteiger partial charge in [0.2, 0.25) is 0 Å². The topological polar surface area (TPSA) is 24.9 Å². The highest BCUT2D eigenvalue weighted by atomic mass is 35.5. The van der Waals surface area contributed by atoms with Gasteiger partial charge in [-0.15, -0.1) is 11.8 Å². The number of aryl methyl sites for hydroxylation is 1. The lowest BCUT2D eigenvalue weighted by atomic mass is 10.1. The number of thioether (sulfide) groups is 1. The Morgan fingerprint density at radius 2 is 2.00 bits per heavy atom. The molecule has 1 heterocycles. The fraction of sp³-hybridized carbons (Fsp3) is 0.353. The molecule has 1 N–H and O–H groups in total. The van der Waals surface area contributed by atoms with E-state index in [0.717, 1.165) is 23.7 Å². The average molecular weight is 321 g/mol. The molecule has 1 atom stereocenters. The molecule has 112 valence electrons. The molecule has 1 aromatic heterocycles. The molecule has 0 saturated heterocycles. The summed E-state index contributed by atoms with van der Waals surface area (Å²) < 4.78 is 0. The molecule has 1 unspecified atom stereocenters. The summed E-state index contributed by atoms with van der Waals surface area (Å²) >= 11 is 7.77. The van der Waals surface area contributed by atoms with Crippen LogP contribution in [0.15, 0.2) is 47.6 Å². The largest absolute Gasteiger partial charge is 0.309 e. The van der Waals surface area contributed by atoms with Crippen LogP contribution < -0.4 is 5.32 Å². The predicted molar refractivity (Wildman–Crippen MR) is 92.2 cm³/mol. The molecule has 0 radical (unpaired) electrons. The maximum absolute atomic E-state index is 5.93. The van der Waals surface area contributed by atoms with Crippen molar-refractivity contribution < 1.29 is 0 Å². The number of hydrogen-bond acceptors (Lipinski definition) is 3. The van der Waals surface area contributed by atoms with Crippen molar-refractivity contribution in [3.05, 3.63) is 58.9 Å². The Labute approximate surface area is 136 Å². The molecule has 0 aliphatic heterocycles. The minimum Gasteiger partial charge on any atom is -0.309 e. The predicted octanol–water partition coefficient (Wildman–Crippen LogP) is 4.88. The molecule has 0 bridgehead atoms. The second kappa shape index (κ2) is 8.42. The van der Waals surface area contributed by atoms with Gasteiger partial charge in [0, 0.05) is 34.1 Å². The first-order valence-corrected chi connectivity index (χ1v) is 8.59. The highest BCUT2D eigenvalue weighted by Crippen LogP contribution is 2.27. The fourth-order valence-electron chi connectivity index (χ4n) is 2.13. The number of benzene rings is 1. The van der Waals surface area contributed by atoms with Crippen molar-refractivity contribution in [3.8, 4) is 0 Å². The number of aromatic nitrogens is 1. The van der Waals surface area contributed by atoms with Gasteiger partial charge in [-0.2, -0.15) is 0 Å². The minimum absolute atomic E-state index is 0.319. The van der Waals surface area contributed by atoms with Crippen LogP contribution in [0.25, 0.3) is 0 Å². The maximum atomic E-state index is 5.93. The second-order valence-electron chi connectivity index (χ2n) is 5.00. The van der Waals surface area contributed by atoms with Crippen molar-refractivity contribution in [1.29, 1.82) is 0 Å². The third-order valence-electron chi connectivity index (χ3n) is 3.33. The normalized spacial score (nSPS) is 12.3. The van der Waals surface area contributed by atoms with Crippen LogP contribution in [0, 0.1) is 6.92 Å². The van der Waals surface area contributed by atoms with Crippen molar-refractivity contribution in [1.82, 2.24) is 10.3 Å². The molecule has 4 heteroatoms. The Morgan fingerprint density at radius 3 is 2.67 bits per heavy atom. The van der Waals surface area contributed by atoms with E-state index in [0.29, 0.717) is 6.04 Å². The first-order valence-electron chi connectivity index (χ1n) is 7.23. The summed E-state index contributed by atoms with van der Waals surface area (Å²) in [6.07, 6.45) is 4.95. The van der Waals surface area contributed by atoms with E-state index in [2.05, 4.69) is 42.3 Å². The summed E-state index contributed by atoms with van der Waals surface area (Å²) in [6.45, 7) is 5.34. The lowest BCUT2D eigenvalue weighted by molar-refractivity contribution is 0.573. The van der Waals surface area contributed by atoms with Crippen LogP contribution in [-0.2, 0) is 0 Å². The van der Waals surface area contributed by atoms with E-state index >= 15 is 0 Å². The van der Waals surface area contributed by atoms with Gasteiger partial charge < -0.3 is 5.32 Å². The van der Waals surface area contributed by atoms with E-state index in [-0.39, 0.29) is 0 Å². The van der Waals surface area contributed by atoms with Crippen LogP contribution in [0.3, 0.4) is 0 Å². The molecule has 0 fully saturated rings. The quantitative estimate of drug-likeness (QED) is 0.736. The van der Waals surface area contributed by atoms with Crippen LogP contribution >= 0.6 is 23.4 Å². The monoisotopic (exact) mass is 320 g/mol. The lowest BCUT2D eigenvalue weighted by Gasteiger charge is -2.20. The van der Waals surface area contributed by atoms with E-state index in [1.165, 1.54) is 16.0 Å². The number of hydrogen-bond donors (Lipinski definition) is 1. The van der Waals surface area contributed by atoms with Crippen LogP contribution in [0.2, 0.25) is 5.02 Å². The molecular weight excluding hydrogens is 300 g/mol. The van der Waals surface area contributed by atoms with Gasteiger partial charge >= 0.3 is 0 Å². The van der Waals surface area contributed by atoms with E-state index in [4.69, 9.17) is 11.6 Å². The smallest absolute Gasteiger partial charge is 0.0433 e. The second-order valence-corrected chi connectivity index (χ2v) is 6.53. The van der Waals surface area contributed by atoms with Crippen molar-refractivity contribution in [2.75, 3.05) is 12.3 Å². The highest BCUT2D eigenvalue weighted by Gasteiger charge is 2.13. The zero-order chi connectivity index (χ0) is 15.1.